The molecule has 0 bridgehead atoms. The van der Waals surface area contributed by atoms with Crippen molar-refractivity contribution in [1.29, 1.82) is 0 Å². The largest absolute Gasteiger partial charge is 0.416 e. The van der Waals surface area contributed by atoms with Crippen LogP contribution in [0.1, 0.15) is 5.56 Å². The number of nitrogens with zero attached hydrogens (tertiary/aromatic N) is 3. The number of anilines is 2. The van der Waals surface area contributed by atoms with Gasteiger partial charge in [-0.3, -0.25) is 0 Å². The fraction of sp³-hybridized carbons (Fsp3) is 0.227. The first-order valence-electron chi connectivity index (χ1n) is 9.64. The molecule has 2 aromatic carbocycles. The Morgan fingerprint density at radius 1 is 1.00 bits per heavy atom. The van der Waals surface area contributed by atoms with Gasteiger partial charge in [-0.05, 0) is 18.2 Å². The van der Waals surface area contributed by atoms with Gasteiger partial charge in [0.1, 0.15) is 5.82 Å². The van der Waals surface area contributed by atoms with Crippen molar-refractivity contribution in [2.24, 2.45) is 0 Å². The number of halogens is 3. The quantitative estimate of drug-likeness (QED) is 0.631. The summed E-state index contributed by atoms with van der Waals surface area (Å²) < 4.78 is 38.9. The van der Waals surface area contributed by atoms with E-state index in [2.05, 4.69) is 26.8 Å². The molecule has 2 heterocycles. The molecule has 0 atom stereocenters. The number of nitrogens with one attached hydrogen (secondary N) is 2. The maximum Gasteiger partial charge on any atom is 0.416 e. The maximum atomic E-state index is 13.0. The lowest BCUT2D eigenvalue weighted by Gasteiger charge is -2.38. The Labute approximate surface area is 172 Å². The molecule has 0 radical (unpaired) electrons. The molecule has 0 spiro atoms. The summed E-state index contributed by atoms with van der Waals surface area (Å²) in [7, 11) is 0. The Morgan fingerprint density at radius 2 is 1.73 bits per heavy atom. The van der Waals surface area contributed by atoms with E-state index in [0.29, 0.717) is 43.6 Å². The number of imidazole rings is 1. The molecular weight excluding hydrogens is 391 g/mol. The van der Waals surface area contributed by atoms with Crippen molar-refractivity contribution in [3.8, 4) is 11.3 Å². The summed E-state index contributed by atoms with van der Waals surface area (Å²) in [4.78, 5) is 11.7. The average molecular weight is 413 g/mol. The Kier molecular flexibility index (Phi) is 5.39. The summed E-state index contributed by atoms with van der Waals surface area (Å²) in [6.07, 6.45) is -2.51. The van der Waals surface area contributed by atoms with E-state index in [4.69, 9.17) is 0 Å². The van der Waals surface area contributed by atoms with Gasteiger partial charge in [0.25, 0.3) is 0 Å². The van der Waals surface area contributed by atoms with Crippen molar-refractivity contribution >= 4 is 11.6 Å². The third-order valence-electron chi connectivity index (χ3n) is 5.11. The zero-order chi connectivity index (χ0) is 21.1. The molecule has 2 N–H and O–H groups in total. The SMILES string of the molecule is C=C(Nc1nc(-c2ccccc2)c[nH]1)N1CCN(c2cccc(C(F)(F)F)c2)CC1. The molecule has 156 valence electrons. The van der Waals surface area contributed by atoms with Crippen LogP contribution in [0.5, 0.6) is 0 Å². The number of aromatic nitrogens is 2. The standard InChI is InChI=1S/C22H22F3N5/c1-16(27-21-26-15-20(28-21)17-6-3-2-4-7-17)29-10-12-30(13-11-29)19-9-5-8-18(14-19)22(23,24)25/h2-9,14-15H,1,10-13H2,(H2,26,27,28). The third kappa shape index (κ3) is 4.42. The molecule has 3 aromatic rings. The molecule has 1 aromatic heterocycles. The fourth-order valence-corrected chi connectivity index (χ4v) is 3.47. The molecule has 30 heavy (non-hydrogen) atoms. The van der Waals surface area contributed by atoms with Gasteiger partial charge in [0, 0.05) is 43.6 Å². The van der Waals surface area contributed by atoms with Crippen LogP contribution in [-0.4, -0.2) is 41.0 Å². The lowest BCUT2D eigenvalue weighted by molar-refractivity contribution is -0.137. The predicted octanol–water partition coefficient (Wildman–Crippen LogP) is 4.80. The van der Waals surface area contributed by atoms with E-state index in [1.54, 1.807) is 6.07 Å². The van der Waals surface area contributed by atoms with E-state index in [1.807, 2.05) is 41.4 Å². The van der Waals surface area contributed by atoms with Crippen LogP contribution in [0, 0.1) is 0 Å². The van der Waals surface area contributed by atoms with E-state index in [-0.39, 0.29) is 0 Å². The number of benzene rings is 2. The number of rotatable bonds is 5. The summed E-state index contributed by atoms with van der Waals surface area (Å²) >= 11 is 0. The van der Waals surface area contributed by atoms with Crippen molar-refractivity contribution < 1.29 is 13.2 Å². The number of hydrogen-bond acceptors (Lipinski definition) is 4. The molecular formula is C22H22F3N5. The van der Waals surface area contributed by atoms with Gasteiger partial charge in [-0.1, -0.05) is 43.0 Å². The molecule has 1 aliphatic heterocycles. The summed E-state index contributed by atoms with van der Waals surface area (Å²) in [6.45, 7) is 6.59. The van der Waals surface area contributed by atoms with Crippen LogP contribution in [0.3, 0.4) is 0 Å². The second kappa shape index (κ2) is 8.14. The Morgan fingerprint density at radius 3 is 2.43 bits per heavy atom. The van der Waals surface area contributed by atoms with Gasteiger partial charge >= 0.3 is 6.18 Å². The summed E-state index contributed by atoms with van der Waals surface area (Å²) in [5.74, 6) is 1.30. The molecule has 1 aliphatic rings. The summed E-state index contributed by atoms with van der Waals surface area (Å²) in [6, 6.07) is 15.3. The monoisotopic (exact) mass is 413 g/mol. The number of alkyl halides is 3. The Balaban J connectivity index is 1.34. The third-order valence-corrected chi connectivity index (χ3v) is 5.11. The first kappa shape index (κ1) is 19.9. The van der Waals surface area contributed by atoms with Crippen LogP contribution < -0.4 is 10.2 Å². The van der Waals surface area contributed by atoms with Gasteiger partial charge in [-0.15, -0.1) is 0 Å². The highest BCUT2D eigenvalue weighted by molar-refractivity contribution is 5.60. The summed E-state index contributed by atoms with van der Waals surface area (Å²) in [5, 5.41) is 3.18. The first-order chi connectivity index (χ1) is 14.4. The topological polar surface area (TPSA) is 47.2 Å². The smallest absolute Gasteiger partial charge is 0.368 e. The lowest BCUT2D eigenvalue weighted by atomic mass is 10.1. The van der Waals surface area contributed by atoms with Crippen LogP contribution in [0.4, 0.5) is 24.8 Å². The second-order valence-electron chi connectivity index (χ2n) is 7.09. The minimum Gasteiger partial charge on any atom is -0.368 e. The van der Waals surface area contributed by atoms with E-state index in [9.17, 15) is 13.2 Å². The Hall–Kier alpha value is -3.42. The van der Waals surface area contributed by atoms with E-state index in [1.165, 1.54) is 12.1 Å². The van der Waals surface area contributed by atoms with Crippen molar-refractivity contribution in [3.05, 3.63) is 78.8 Å². The predicted molar refractivity (Wildman–Crippen MR) is 112 cm³/mol. The number of piperazine rings is 1. The minimum absolute atomic E-state index is 0.585. The van der Waals surface area contributed by atoms with Gasteiger partial charge in [-0.25, -0.2) is 4.98 Å². The highest BCUT2D eigenvalue weighted by Crippen LogP contribution is 2.32. The van der Waals surface area contributed by atoms with E-state index >= 15 is 0 Å². The highest BCUT2D eigenvalue weighted by Gasteiger charge is 2.31. The number of hydrogen-bond donors (Lipinski definition) is 2. The van der Waals surface area contributed by atoms with Crippen LogP contribution in [-0.2, 0) is 6.18 Å². The molecule has 8 heteroatoms. The van der Waals surface area contributed by atoms with Gasteiger partial charge < -0.3 is 20.1 Å². The fourth-order valence-electron chi connectivity index (χ4n) is 3.47. The molecule has 5 nitrogen and oxygen atoms in total. The normalized spacial score (nSPS) is 14.6. The molecule has 0 amide bonds. The molecule has 0 saturated carbocycles. The zero-order valence-electron chi connectivity index (χ0n) is 16.3. The van der Waals surface area contributed by atoms with Crippen LogP contribution >= 0.6 is 0 Å². The number of aromatic amines is 1. The number of H-pyrrole nitrogens is 1. The second-order valence-corrected chi connectivity index (χ2v) is 7.09. The van der Waals surface area contributed by atoms with Crippen LogP contribution in [0.25, 0.3) is 11.3 Å². The molecule has 0 aliphatic carbocycles. The molecule has 1 saturated heterocycles. The Bertz CT molecular complexity index is 1000. The first-order valence-corrected chi connectivity index (χ1v) is 9.64. The van der Waals surface area contributed by atoms with Crippen molar-refractivity contribution in [3.63, 3.8) is 0 Å². The van der Waals surface area contributed by atoms with Crippen molar-refractivity contribution in [2.45, 2.75) is 6.18 Å². The average Bonchev–Trinajstić information content (AvgIpc) is 3.22. The minimum atomic E-state index is -4.34. The maximum absolute atomic E-state index is 13.0. The molecule has 4 rings (SSSR count). The van der Waals surface area contributed by atoms with E-state index in [0.717, 1.165) is 17.3 Å². The van der Waals surface area contributed by atoms with Gasteiger partial charge in [0.05, 0.1) is 11.3 Å². The van der Waals surface area contributed by atoms with Gasteiger partial charge in [0.2, 0.25) is 5.95 Å². The van der Waals surface area contributed by atoms with Gasteiger partial charge in [0.15, 0.2) is 0 Å². The van der Waals surface area contributed by atoms with E-state index < -0.39 is 11.7 Å². The van der Waals surface area contributed by atoms with Crippen LogP contribution in [0.15, 0.2) is 73.2 Å². The van der Waals surface area contributed by atoms with Crippen molar-refractivity contribution in [1.82, 2.24) is 14.9 Å². The van der Waals surface area contributed by atoms with Gasteiger partial charge in [-0.2, -0.15) is 13.2 Å². The zero-order valence-corrected chi connectivity index (χ0v) is 16.3. The summed E-state index contributed by atoms with van der Waals surface area (Å²) in [5.41, 5.74) is 1.81. The molecule has 1 fully saturated rings. The highest BCUT2D eigenvalue weighted by atomic mass is 19.4. The molecule has 0 unspecified atom stereocenters. The van der Waals surface area contributed by atoms with Crippen molar-refractivity contribution in [2.75, 3.05) is 36.4 Å². The van der Waals surface area contributed by atoms with Crippen LogP contribution in [0.2, 0.25) is 0 Å². The lowest BCUT2D eigenvalue weighted by Crippen LogP contribution is -2.46.